The van der Waals surface area contributed by atoms with Crippen molar-refractivity contribution >= 4 is 21.6 Å². The van der Waals surface area contributed by atoms with E-state index in [9.17, 15) is 10.1 Å². The zero-order valence-electron chi connectivity index (χ0n) is 11.6. The molecule has 1 fully saturated rings. The third kappa shape index (κ3) is 4.26. The SMILES string of the molecule is CN(Cc1cc(Br)cc([N+](=O)[O-])c1)C1CCCNCC1. The number of hydrogen-bond acceptors (Lipinski definition) is 4. The standard InChI is InChI=1S/C14H20BrN3O2/c1-17(13-3-2-5-16-6-4-13)10-11-7-12(15)9-14(8-11)18(19)20/h7-9,13,16H,2-6,10H2,1H3. The first-order valence-electron chi connectivity index (χ1n) is 6.91. The molecule has 1 N–H and O–H groups in total. The van der Waals surface area contributed by atoms with Crippen molar-refractivity contribution in [2.45, 2.75) is 31.8 Å². The lowest BCUT2D eigenvalue weighted by molar-refractivity contribution is -0.385. The van der Waals surface area contributed by atoms with Crippen LogP contribution < -0.4 is 5.32 Å². The molecule has 5 nitrogen and oxygen atoms in total. The highest BCUT2D eigenvalue weighted by Gasteiger charge is 2.18. The van der Waals surface area contributed by atoms with Crippen LogP contribution in [0.25, 0.3) is 0 Å². The van der Waals surface area contributed by atoms with Crippen molar-refractivity contribution in [1.29, 1.82) is 0 Å². The van der Waals surface area contributed by atoms with Crippen LogP contribution in [0.15, 0.2) is 22.7 Å². The van der Waals surface area contributed by atoms with E-state index in [1.807, 2.05) is 6.07 Å². The average molecular weight is 342 g/mol. The summed E-state index contributed by atoms with van der Waals surface area (Å²) in [6, 6.07) is 5.70. The number of benzene rings is 1. The Morgan fingerprint density at radius 2 is 2.20 bits per heavy atom. The predicted octanol–water partition coefficient (Wildman–Crippen LogP) is 2.93. The van der Waals surface area contributed by atoms with Crippen molar-refractivity contribution in [3.05, 3.63) is 38.3 Å². The Labute approximate surface area is 127 Å². The van der Waals surface area contributed by atoms with Gasteiger partial charge in [-0.3, -0.25) is 15.0 Å². The Kier molecular flexibility index (Phi) is 5.51. The second-order valence-corrected chi connectivity index (χ2v) is 6.24. The summed E-state index contributed by atoms with van der Waals surface area (Å²) in [6.45, 7) is 2.88. The monoisotopic (exact) mass is 341 g/mol. The Morgan fingerprint density at radius 3 is 2.95 bits per heavy atom. The molecule has 0 bridgehead atoms. The van der Waals surface area contributed by atoms with Crippen LogP contribution >= 0.6 is 15.9 Å². The summed E-state index contributed by atoms with van der Waals surface area (Å²) in [5.74, 6) is 0. The molecule has 1 aliphatic heterocycles. The summed E-state index contributed by atoms with van der Waals surface area (Å²) in [5.41, 5.74) is 1.12. The summed E-state index contributed by atoms with van der Waals surface area (Å²) in [7, 11) is 2.10. The fourth-order valence-corrected chi connectivity index (χ4v) is 3.22. The van der Waals surface area contributed by atoms with Gasteiger partial charge in [0, 0.05) is 29.2 Å². The average Bonchev–Trinajstić information content (AvgIpc) is 2.66. The van der Waals surface area contributed by atoms with Gasteiger partial charge >= 0.3 is 0 Å². The van der Waals surface area contributed by atoms with E-state index in [2.05, 4.69) is 33.2 Å². The Morgan fingerprint density at radius 1 is 1.40 bits per heavy atom. The second kappa shape index (κ2) is 7.15. The molecule has 0 amide bonds. The number of non-ortho nitro benzene ring substituents is 1. The third-order valence-corrected chi connectivity index (χ3v) is 4.21. The zero-order chi connectivity index (χ0) is 14.5. The van der Waals surface area contributed by atoms with Crippen LogP contribution in [0, 0.1) is 10.1 Å². The van der Waals surface area contributed by atoms with Gasteiger partial charge in [-0.2, -0.15) is 0 Å². The number of halogens is 1. The van der Waals surface area contributed by atoms with E-state index in [0.717, 1.165) is 36.1 Å². The highest BCUT2D eigenvalue weighted by atomic mass is 79.9. The molecule has 1 aliphatic rings. The molecule has 1 aromatic rings. The first kappa shape index (κ1) is 15.4. The van der Waals surface area contributed by atoms with Crippen molar-refractivity contribution < 1.29 is 4.92 Å². The summed E-state index contributed by atoms with van der Waals surface area (Å²) < 4.78 is 0.762. The molecule has 0 aromatic heterocycles. The van der Waals surface area contributed by atoms with Crippen LogP contribution in [0.3, 0.4) is 0 Å². The van der Waals surface area contributed by atoms with Gasteiger partial charge in [0.05, 0.1) is 4.92 Å². The summed E-state index contributed by atoms with van der Waals surface area (Å²) >= 11 is 3.35. The second-order valence-electron chi connectivity index (χ2n) is 5.32. The maximum atomic E-state index is 10.9. The van der Waals surface area contributed by atoms with Crippen LogP contribution in [-0.2, 0) is 6.54 Å². The molecule has 0 radical (unpaired) electrons. The molecule has 1 aromatic carbocycles. The topological polar surface area (TPSA) is 58.4 Å². The van der Waals surface area contributed by atoms with Crippen LogP contribution in [0.1, 0.15) is 24.8 Å². The highest BCUT2D eigenvalue weighted by Crippen LogP contribution is 2.23. The van der Waals surface area contributed by atoms with E-state index in [-0.39, 0.29) is 10.6 Å². The van der Waals surface area contributed by atoms with E-state index >= 15 is 0 Å². The Balaban J connectivity index is 2.06. The Bertz CT molecular complexity index is 473. The van der Waals surface area contributed by atoms with Gasteiger partial charge in [-0.1, -0.05) is 15.9 Å². The Hall–Kier alpha value is -0.980. The number of nitro benzene ring substituents is 1. The van der Waals surface area contributed by atoms with Gasteiger partial charge < -0.3 is 5.32 Å². The summed E-state index contributed by atoms with van der Waals surface area (Å²) in [4.78, 5) is 12.9. The van der Waals surface area contributed by atoms with Crippen molar-refractivity contribution in [3.63, 3.8) is 0 Å². The van der Waals surface area contributed by atoms with E-state index in [4.69, 9.17) is 0 Å². The molecule has 6 heteroatoms. The van der Waals surface area contributed by atoms with E-state index in [1.54, 1.807) is 12.1 Å². The normalized spacial score (nSPS) is 19.9. The number of nitrogens with zero attached hydrogens (tertiary/aromatic N) is 2. The van der Waals surface area contributed by atoms with Gasteiger partial charge in [0.15, 0.2) is 0 Å². The van der Waals surface area contributed by atoms with Gasteiger partial charge in [-0.15, -0.1) is 0 Å². The predicted molar refractivity (Wildman–Crippen MR) is 82.8 cm³/mol. The molecular formula is C14H20BrN3O2. The molecule has 20 heavy (non-hydrogen) atoms. The van der Waals surface area contributed by atoms with E-state index in [0.29, 0.717) is 6.04 Å². The van der Waals surface area contributed by atoms with Crippen molar-refractivity contribution in [3.8, 4) is 0 Å². The highest BCUT2D eigenvalue weighted by molar-refractivity contribution is 9.10. The van der Waals surface area contributed by atoms with Crippen LogP contribution in [0.4, 0.5) is 5.69 Å². The fourth-order valence-electron chi connectivity index (χ4n) is 2.69. The summed E-state index contributed by atoms with van der Waals surface area (Å²) in [5, 5.41) is 14.3. The first-order chi connectivity index (χ1) is 9.56. The maximum absolute atomic E-state index is 10.9. The van der Waals surface area contributed by atoms with Crippen LogP contribution in [0.2, 0.25) is 0 Å². The summed E-state index contributed by atoms with van der Waals surface area (Å²) in [6.07, 6.45) is 3.50. The fraction of sp³-hybridized carbons (Fsp3) is 0.571. The number of nitro groups is 1. The minimum absolute atomic E-state index is 0.144. The quantitative estimate of drug-likeness (QED) is 0.675. The molecule has 0 saturated carbocycles. The minimum Gasteiger partial charge on any atom is -0.317 e. The molecule has 0 spiro atoms. The van der Waals surface area contributed by atoms with Crippen LogP contribution in [-0.4, -0.2) is 36.0 Å². The van der Waals surface area contributed by atoms with Gasteiger partial charge in [0.25, 0.3) is 5.69 Å². The molecule has 1 saturated heterocycles. The van der Waals surface area contributed by atoms with Crippen molar-refractivity contribution in [2.75, 3.05) is 20.1 Å². The molecule has 1 unspecified atom stereocenters. The van der Waals surface area contributed by atoms with E-state index < -0.39 is 0 Å². The smallest absolute Gasteiger partial charge is 0.270 e. The first-order valence-corrected chi connectivity index (χ1v) is 7.70. The number of rotatable bonds is 4. The van der Waals surface area contributed by atoms with Gasteiger partial charge in [-0.05, 0) is 51.0 Å². The van der Waals surface area contributed by atoms with Gasteiger partial charge in [0.1, 0.15) is 0 Å². The number of nitrogens with one attached hydrogen (secondary N) is 1. The largest absolute Gasteiger partial charge is 0.317 e. The lowest BCUT2D eigenvalue weighted by atomic mass is 10.1. The van der Waals surface area contributed by atoms with Crippen LogP contribution in [0.5, 0.6) is 0 Å². The minimum atomic E-state index is -0.343. The molecule has 1 heterocycles. The van der Waals surface area contributed by atoms with Crippen molar-refractivity contribution in [2.24, 2.45) is 0 Å². The lowest BCUT2D eigenvalue weighted by Crippen LogP contribution is -2.32. The van der Waals surface area contributed by atoms with Gasteiger partial charge in [0.2, 0.25) is 0 Å². The van der Waals surface area contributed by atoms with E-state index in [1.165, 1.54) is 12.8 Å². The number of hydrogen-bond donors (Lipinski definition) is 1. The molecule has 2 rings (SSSR count). The van der Waals surface area contributed by atoms with Gasteiger partial charge in [-0.25, -0.2) is 0 Å². The lowest BCUT2D eigenvalue weighted by Gasteiger charge is -2.26. The molecular weight excluding hydrogens is 322 g/mol. The maximum Gasteiger partial charge on any atom is 0.270 e. The third-order valence-electron chi connectivity index (χ3n) is 3.75. The molecule has 110 valence electrons. The zero-order valence-corrected chi connectivity index (χ0v) is 13.2. The molecule has 0 aliphatic carbocycles. The van der Waals surface area contributed by atoms with Crippen molar-refractivity contribution in [1.82, 2.24) is 10.2 Å². The molecule has 1 atom stereocenters.